The van der Waals surface area contributed by atoms with Crippen molar-refractivity contribution in [3.8, 4) is 0 Å². The zero-order chi connectivity index (χ0) is 22.0. The normalized spacial score (nSPS) is 15.9. The number of halogens is 1. The Kier molecular flexibility index (Phi) is 7.24. The number of pyridine rings is 1. The molecule has 29 heavy (non-hydrogen) atoms. The predicted octanol–water partition coefficient (Wildman–Crippen LogP) is 6.28. The number of hydrogen-bond donors (Lipinski definition) is 0. The second-order valence-corrected chi connectivity index (χ2v) is 15.3. The molecule has 0 N–H and O–H groups in total. The van der Waals surface area contributed by atoms with E-state index in [1.165, 1.54) is 0 Å². The maximum Gasteiger partial charge on any atom is 0.410 e. The Labute approximate surface area is 181 Å². The first-order valence-electron chi connectivity index (χ1n) is 10.2. The number of aromatic nitrogens is 1. The molecule has 2 rings (SSSR count). The van der Waals surface area contributed by atoms with E-state index in [0.29, 0.717) is 24.7 Å². The maximum absolute atomic E-state index is 12.2. The average Bonchev–Trinajstić information content (AvgIpc) is 2.58. The topological polar surface area (TPSA) is 51.7 Å². The van der Waals surface area contributed by atoms with E-state index in [4.69, 9.17) is 20.8 Å². The number of nitrogens with zero attached hydrogens (tertiary/aromatic N) is 2. The van der Waals surface area contributed by atoms with Crippen molar-refractivity contribution in [1.29, 1.82) is 0 Å². The summed E-state index contributed by atoms with van der Waals surface area (Å²) < 4.78 is 11.7. The van der Waals surface area contributed by atoms with Crippen molar-refractivity contribution in [1.82, 2.24) is 9.88 Å². The number of ether oxygens (including phenoxy) is 1. The fourth-order valence-corrected chi connectivity index (χ4v) is 3.79. The highest BCUT2D eigenvalue weighted by Crippen LogP contribution is 2.37. The molecule has 7 heteroatoms. The van der Waals surface area contributed by atoms with Gasteiger partial charge in [-0.05, 0) is 62.5 Å². The summed E-state index contributed by atoms with van der Waals surface area (Å²) in [6.45, 7) is 18.3. The fraction of sp³-hybridized carbons (Fsp3) is 0.636. The van der Waals surface area contributed by atoms with E-state index in [1.54, 1.807) is 4.90 Å². The minimum absolute atomic E-state index is 0.145. The van der Waals surface area contributed by atoms with Crippen LogP contribution in [0.1, 0.15) is 59.2 Å². The minimum Gasteiger partial charge on any atom is -0.444 e. The monoisotopic (exact) mass is 438 g/mol. The van der Waals surface area contributed by atoms with Gasteiger partial charge in [0.2, 0.25) is 0 Å². The molecule has 0 unspecified atom stereocenters. The molecule has 0 fully saturated rings. The Morgan fingerprint density at radius 2 is 1.90 bits per heavy atom. The molecule has 1 aliphatic heterocycles. The van der Waals surface area contributed by atoms with E-state index in [1.807, 2.05) is 39.1 Å². The Balaban J connectivity index is 2.03. The van der Waals surface area contributed by atoms with Crippen LogP contribution in [0.3, 0.4) is 0 Å². The quantitative estimate of drug-likeness (QED) is 0.519. The van der Waals surface area contributed by atoms with Gasteiger partial charge in [-0.1, -0.05) is 38.4 Å². The van der Waals surface area contributed by atoms with Gasteiger partial charge in [0, 0.05) is 19.3 Å². The summed E-state index contributed by atoms with van der Waals surface area (Å²) >= 11 is 6.50. The SMILES string of the molecule is CC(C)(C)OC(=O)N1CC=C(c2cnc(CO[Si](C)(C)C(C)(C)C)c(Cl)c2)CC1. The maximum atomic E-state index is 12.2. The first-order valence-corrected chi connectivity index (χ1v) is 13.4. The molecular formula is C22H35ClN2O3Si. The van der Waals surface area contributed by atoms with Crippen LogP contribution in [-0.4, -0.2) is 43.0 Å². The van der Waals surface area contributed by atoms with Crippen molar-refractivity contribution in [2.24, 2.45) is 0 Å². The van der Waals surface area contributed by atoms with E-state index >= 15 is 0 Å². The molecule has 0 atom stereocenters. The Hall–Kier alpha value is -1.37. The summed E-state index contributed by atoms with van der Waals surface area (Å²) in [5.41, 5.74) is 2.43. The van der Waals surface area contributed by atoms with Gasteiger partial charge >= 0.3 is 6.09 Å². The van der Waals surface area contributed by atoms with Gasteiger partial charge < -0.3 is 14.1 Å². The van der Waals surface area contributed by atoms with Crippen molar-refractivity contribution in [2.75, 3.05) is 13.1 Å². The zero-order valence-electron chi connectivity index (χ0n) is 19.1. The predicted molar refractivity (Wildman–Crippen MR) is 122 cm³/mol. The molecule has 0 radical (unpaired) electrons. The van der Waals surface area contributed by atoms with Gasteiger partial charge in [0.1, 0.15) is 5.60 Å². The molecule has 0 aromatic carbocycles. The average molecular weight is 439 g/mol. The van der Waals surface area contributed by atoms with Crippen molar-refractivity contribution < 1.29 is 14.0 Å². The van der Waals surface area contributed by atoms with E-state index in [-0.39, 0.29) is 11.1 Å². The van der Waals surface area contributed by atoms with Crippen LogP contribution in [0.15, 0.2) is 18.3 Å². The first-order chi connectivity index (χ1) is 13.2. The smallest absolute Gasteiger partial charge is 0.410 e. The molecule has 2 heterocycles. The number of carbonyl (C=O) groups excluding carboxylic acids is 1. The van der Waals surface area contributed by atoms with Crippen LogP contribution in [0.25, 0.3) is 5.57 Å². The Morgan fingerprint density at radius 1 is 1.24 bits per heavy atom. The summed E-state index contributed by atoms with van der Waals surface area (Å²) in [5, 5.41) is 0.767. The van der Waals surface area contributed by atoms with Crippen LogP contribution >= 0.6 is 11.6 Å². The molecule has 1 amide bonds. The Bertz CT molecular complexity index is 779. The highest BCUT2D eigenvalue weighted by Gasteiger charge is 2.37. The van der Waals surface area contributed by atoms with Crippen molar-refractivity contribution in [3.63, 3.8) is 0 Å². The summed E-state index contributed by atoms with van der Waals surface area (Å²) in [7, 11) is -1.85. The summed E-state index contributed by atoms with van der Waals surface area (Å²) in [6.07, 6.45) is 4.37. The second kappa shape index (κ2) is 8.78. The Morgan fingerprint density at radius 3 is 2.38 bits per heavy atom. The van der Waals surface area contributed by atoms with E-state index in [0.717, 1.165) is 23.3 Å². The van der Waals surface area contributed by atoms with Crippen LogP contribution in [-0.2, 0) is 15.8 Å². The number of hydrogen-bond acceptors (Lipinski definition) is 4. The van der Waals surface area contributed by atoms with Crippen molar-refractivity contribution in [3.05, 3.63) is 34.6 Å². The summed E-state index contributed by atoms with van der Waals surface area (Å²) in [4.78, 5) is 18.5. The van der Waals surface area contributed by atoms with Gasteiger partial charge in [-0.3, -0.25) is 4.98 Å². The van der Waals surface area contributed by atoms with Gasteiger partial charge in [-0.2, -0.15) is 0 Å². The van der Waals surface area contributed by atoms with E-state index in [2.05, 4.69) is 38.8 Å². The van der Waals surface area contributed by atoms with Crippen LogP contribution in [0.2, 0.25) is 23.2 Å². The van der Waals surface area contributed by atoms with Gasteiger partial charge in [0.25, 0.3) is 0 Å². The molecule has 0 aliphatic carbocycles. The second-order valence-electron chi connectivity index (χ2n) is 10.1. The number of rotatable bonds is 4. The number of amides is 1. The third kappa shape index (κ3) is 6.56. The van der Waals surface area contributed by atoms with Gasteiger partial charge in [0.05, 0.1) is 17.3 Å². The molecule has 1 aromatic rings. The molecule has 5 nitrogen and oxygen atoms in total. The summed E-state index contributed by atoms with van der Waals surface area (Å²) in [6, 6.07) is 1.95. The molecule has 1 aromatic heterocycles. The van der Waals surface area contributed by atoms with Crippen molar-refractivity contribution >= 4 is 31.6 Å². The lowest BCUT2D eigenvalue weighted by Crippen LogP contribution is -2.40. The molecule has 0 saturated carbocycles. The first kappa shape index (κ1) is 23.9. The molecule has 0 saturated heterocycles. The molecule has 1 aliphatic rings. The standard InChI is InChI=1S/C22H35ClN2O3Si/c1-21(2,3)28-20(26)25-11-9-16(10-12-25)17-13-18(23)19(24-14-17)15-27-29(7,8)22(4,5)6/h9,13-14H,10-12,15H2,1-8H3. The fourth-order valence-electron chi connectivity index (χ4n) is 2.64. The largest absolute Gasteiger partial charge is 0.444 e. The van der Waals surface area contributed by atoms with Gasteiger partial charge in [-0.25, -0.2) is 4.79 Å². The molecule has 0 bridgehead atoms. The van der Waals surface area contributed by atoms with Crippen LogP contribution in [0.5, 0.6) is 0 Å². The number of carbonyl (C=O) groups is 1. The van der Waals surface area contributed by atoms with Crippen LogP contribution in [0, 0.1) is 0 Å². The molecule has 0 spiro atoms. The van der Waals surface area contributed by atoms with Crippen LogP contribution in [0.4, 0.5) is 4.79 Å². The minimum atomic E-state index is -1.85. The lowest BCUT2D eigenvalue weighted by Gasteiger charge is -2.36. The van der Waals surface area contributed by atoms with Gasteiger partial charge in [-0.15, -0.1) is 0 Å². The van der Waals surface area contributed by atoms with Crippen LogP contribution < -0.4 is 0 Å². The zero-order valence-corrected chi connectivity index (χ0v) is 20.8. The van der Waals surface area contributed by atoms with E-state index < -0.39 is 13.9 Å². The highest BCUT2D eigenvalue weighted by atomic mass is 35.5. The summed E-state index contributed by atoms with van der Waals surface area (Å²) in [5.74, 6) is 0. The molecular weight excluding hydrogens is 404 g/mol. The molecule has 162 valence electrons. The highest BCUT2D eigenvalue weighted by molar-refractivity contribution is 6.74. The van der Waals surface area contributed by atoms with E-state index in [9.17, 15) is 4.79 Å². The lowest BCUT2D eigenvalue weighted by atomic mass is 10.0. The third-order valence-electron chi connectivity index (χ3n) is 5.52. The third-order valence-corrected chi connectivity index (χ3v) is 10.3. The van der Waals surface area contributed by atoms with Gasteiger partial charge in [0.15, 0.2) is 8.32 Å². The van der Waals surface area contributed by atoms with Crippen molar-refractivity contribution in [2.45, 2.75) is 78.3 Å². The lowest BCUT2D eigenvalue weighted by molar-refractivity contribution is 0.0270.